The monoisotopic (exact) mass is 433 g/mol. The van der Waals surface area contributed by atoms with E-state index in [4.69, 9.17) is 14.2 Å². The second-order valence-corrected chi connectivity index (χ2v) is 9.52. The van der Waals surface area contributed by atoms with Crippen LogP contribution in [0.3, 0.4) is 0 Å². The van der Waals surface area contributed by atoms with Crippen LogP contribution in [0.15, 0.2) is 42.5 Å². The fourth-order valence-corrected chi connectivity index (χ4v) is 4.04. The van der Waals surface area contributed by atoms with Gasteiger partial charge in [0.2, 0.25) is 0 Å². The fourth-order valence-electron chi connectivity index (χ4n) is 3.24. The Balaban J connectivity index is 1.56. The lowest BCUT2D eigenvalue weighted by molar-refractivity contribution is 0.0669. The standard InChI is InChI=1S/C22H27NO6S/c1-27-21-12-17(7-10-20(21)29-14-19-4-3-11-28-19)13-23-22(24)18-8-5-16(6-9-18)15-30(2,25)26/h5-10,12,19H,3-4,11,13-15H2,1-2H3,(H,23,24). The van der Waals surface area contributed by atoms with Gasteiger partial charge in [-0.2, -0.15) is 0 Å². The normalized spacial score (nSPS) is 16.3. The maximum absolute atomic E-state index is 12.4. The molecule has 3 rings (SSSR count). The lowest BCUT2D eigenvalue weighted by Crippen LogP contribution is -2.22. The van der Waals surface area contributed by atoms with Crippen LogP contribution in [0.2, 0.25) is 0 Å². The number of ether oxygens (including phenoxy) is 3. The summed E-state index contributed by atoms with van der Waals surface area (Å²) in [7, 11) is -1.53. The lowest BCUT2D eigenvalue weighted by atomic mass is 10.1. The number of benzene rings is 2. The second kappa shape index (κ2) is 9.95. The summed E-state index contributed by atoms with van der Waals surface area (Å²) in [6.07, 6.45) is 3.37. The van der Waals surface area contributed by atoms with E-state index in [2.05, 4.69) is 5.32 Å². The van der Waals surface area contributed by atoms with Crippen LogP contribution in [0.4, 0.5) is 0 Å². The van der Waals surface area contributed by atoms with Crippen LogP contribution in [0.1, 0.15) is 34.3 Å². The number of hydrogen-bond acceptors (Lipinski definition) is 6. The van der Waals surface area contributed by atoms with Crippen LogP contribution in [0.25, 0.3) is 0 Å². The molecule has 2 aromatic rings. The molecule has 1 unspecified atom stereocenters. The highest BCUT2D eigenvalue weighted by Crippen LogP contribution is 2.29. The third kappa shape index (κ3) is 6.47. The van der Waals surface area contributed by atoms with Crippen molar-refractivity contribution in [1.29, 1.82) is 0 Å². The average Bonchev–Trinajstić information content (AvgIpc) is 3.23. The Morgan fingerprint density at radius 1 is 1.13 bits per heavy atom. The summed E-state index contributed by atoms with van der Waals surface area (Å²) in [4.78, 5) is 12.4. The van der Waals surface area contributed by atoms with Crippen molar-refractivity contribution < 1.29 is 27.4 Å². The molecular weight excluding hydrogens is 406 g/mol. The van der Waals surface area contributed by atoms with Gasteiger partial charge in [0, 0.05) is 25.0 Å². The van der Waals surface area contributed by atoms with Gasteiger partial charge < -0.3 is 19.5 Å². The molecule has 0 bridgehead atoms. The molecule has 0 aromatic heterocycles. The molecule has 1 aliphatic rings. The number of rotatable bonds is 9. The van der Waals surface area contributed by atoms with Crippen molar-refractivity contribution in [3.63, 3.8) is 0 Å². The zero-order valence-electron chi connectivity index (χ0n) is 17.2. The number of nitrogens with one attached hydrogen (secondary N) is 1. The van der Waals surface area contributed by atoms with Crippen molar-refractivity contribution in [3.8, 4) is 11.5 Å². The van der Waals surface area contributed by atoms with Crippen LogP contribution in [0, 0.1) is 0 Å². The molecule has 1 saturated heterocycles. The zero-order chi connectivity index (χ0) is 21.6. The Hall–Kier alpha value is -2.58. The maximum atomic E-state index is 12.4. The van der Waals surface area contributed by atoms with Gasteiger partial charge in [-0.15, -0.1) is 0 Å². The molecule has 30 heavy (non-hydrogen) atoms. The molecule has 1 atom stereocenters. The quantitative estimate of drug-likeness (QED) is 0.654. The minimum absolute atomic E-state index is 0.0456. The van der Waals surface area contributed by atoms with Gasteiger partial charge in [-0.05, 0) is 48.2 Å². The molecule has 1 amide bonds. The van der Waals surface area contributed by atoms with Gasteiger partial charge in [-0.25, -0.2) is 8.42 Å². The number of carbonyl (C=O) groups excluding carboxylic acids is 1. The Morgan fingerprint density at radius 3 is 2.50 bits per heavy atom. The van der Waals surface area contributed by atoms with Gasteiger partial charge in [0.05, 0.1) is 19.0 Å². The minimum atomic E-state index is -3.11. The zero-order valence-corrected chi connectivity index (χ0v) is 18.0. The predicted octanol–water partition coefficient (Wildman–Crippen LogP) is 2.73. The smallest absolute Gasteiger partial charge is 0.251 e. The van der Waals surface area contributed by atoms with Crippen molar-refractivity contribution >= 4 is 15.7 Å². The molecule has 162 valence electrons. The molecule has 0 saturated carbocycles. The first-order valence-electron chi connectivity index (χ1n) is 9.80. The van der Waals surface area contributed by atoms with E-state index in [9.17, 15) is 13.2 Å². The highest BCUT2D eigenvalue weighted by molar-refractivity contribution is 7.89. The summed E-state index contributed by atoms with van der Waals surface area (Å²) >= 11 is 0. The second-order valence-electron chi connectivity index (χ2n) is 7.38. The molecule has 0 aliphatic carbocycles. The first kappa shape index (κ1) is 22.1. The summed E-state index contributed by atoms with van der Waals surface area (Å²) in [6.45, 7) is 1.60. The van der Waals surface area contributed by atoms with E-state index in [-0.39, 0.29) is 17.8 Å². The van der Waals surface area contributed by atoms with Gasteiger partial charge in [-0.1, -0.05) is 18.2 Å². The topological polar surface area (TPSA) is 90.9 Å². The Morgan fingerprint density at radius 2 is 1.87 bits per heavy atom. The summed E-state index contributed by atoms with van der Waals surface area (Å²) in [5, 5.41) is 2.86. The number of amides is 1. The van der Waals surface area contributed by atoms with E-state index in [1.54, 1.807) is 31.4 Å². The lowest BCUT2D eigenvalue weighted by Gasteiger charge is -2.15. The van der Waals surface area contributed by atoms with Crippen LogP contribution >= 0.6 is 0 Å². The molecule has 0 spiro atoms. The molecule has 1 heterocycles. The van der Waals surface area contributed by atoms with Crippen molar-refractivity contribution in [3.05, 3.63) is 59.2 Å². The Bertz CT molecular complexity index is 966. The molecule has 1 N–H and O–H groups in total. The van der Waals surface area contributed by atoms with Gasteiger partial charge in [0.1, 0.15) is 6.61 Å². The minimum Gasteiger partial charge on any atom is -0.493 e. The number of methoxy groups -OCH3 is 1. The van der Waals surface area contributed by atoms with Crippen molar-refractivity contribution in [2.45, 2.75) is 31.2 Å². The van der Waals surface area contributed by atoms with E-state index in [0.29, 0.717) is 35.8 Å². The maximum Gasteiger partial charge on any atom is 0.251 e. The number of carbonyl (C=O) groups is 1. The van der Waals surface area contributed by atoms with E-state index in [1.807, 2.05) is 18.2 Å². The van der Waals surface area contributed by atoms with Crippen molar-refractivity contribution in [2.24, 2.45) is 0 Å². The number of sulfone groups is 1. The molecule has 8 heteroatoms. The molecular formula is C22H27NO6S. The van der Waals surface area contributed by atoms with E-state index < -0.39 is 9.84 Å². The molecule has 1 aliphatic heterocycles. The van der Waals surface area contributed by atoms with Crippen molar-refractivity contribution in [2.75, 3.05) is 26.6 Å². The summed E-state index contributed by atoms with van der Waals surface area (Å²) in [5.41, 5.74) is 1.99. The van der Waals surface area contributed by atoms with Gasteiger partial charge in [0.15, 0.2) is 21.3 Å². The average molecular weight is 434 g/mol. The first-order chi connectivity index (χ1) is 14.3. The van der Waals surface area contributed by atoms with Crippen LogP contribution in [0.5, 0.6) is 11.5 Å². The highest BCUT2D eigenvalue weighted by Gasteiger charge is 2.17. The van der Waals surface area contributed by atoms with Crippen LogP contribution in [-0.4, -0.2) is 47.0 Å². The molecule has 1 fully saturated rings. The largest absolute Gasteiger partial charge is 0.493 e. The summed E-state index contributed by atoms with van der Waals surface area (Å²) < 4.78 is 39.5. The van der Waals surface area contributed by atoms with Gasteiger partial charge in [-0.3, -0.25) is 4.79 Å². The fraction of sp³-hybridized carbons (Fsp3) is 0.409. The predicted molar refractivity (Wildman–Crippen MR) is 114 cm³/mol. The summed E-state index contributed by atoms with van der Waals surface area (Å²) in [6, 6.07) is 12.1. The van der Waals surface area contributed by atoms with Gasteiger partial charge >= 0.3 is 0 Å². The number of hydrogen-bond donors (Lipinski definition) is 1. The molecule has 0 radical (unpaired) electrons. The first-order valence-corrected chi connectivity index (χ1v) is 11.9. The van der Waals surface area contributed by atoms with E-state index in [1.165, 1.54) is 6.26 Å². The Kier molecular flexibility index (Phi) is 7.33. The highest BCUT2D eigenvalue weighted by atomic mass is 32.2. The van der Waals surface area contributed by atoms with E-state index in [0.717, 1.165) is 25.0 Å². The third-order valence-electron chi connectivity index (χ3n) is 4.77. The molecule has 7 nitrogen and oxygen atoms in total. The van der Waals surface area contributed by atoms with Gasteiger partial charge in [0.25, 0.3) is 5.91 Å². The van der Waals surface area contributed by atoms with Crippen LogP contribution < -0.4 is 14.8 Å². The van der Waals surface area contributed by atoms with E-state index >= 15 is 0 Å². The molecule has 2 aromatic carbocycles. The Labute approximate surface area is 177 Å². The third-order valence-corrected chi connectivity index (χ3v) is 5.63. The van der Waals surface area contributed by atoms with Crippen molar-refractivity contribution in [1.82, 2.24) is 5.32 Å². The SMILES string of the molecule is COc1cc(CNC(=O)c2ccc(CS(C)(=O)=O)cc2)ccc1OCC1CCCO1. The summed E-state index contributed by atoms with van der Waals surface area (Å²) in [5.74, 6) is 0.962. The van der Waals surface area contributed by atoms with Crippen LogP contribution in [-0.2, 0) is 26.9 Å².